The summed E-state index contributed by atoms with van der Waals surface area (Å²) >= 11 is 1.22. The molecular weight excluding hydrogens is 366 g/mol. The van der Waals surface area contributed by atoms with Crippen molar-refractivity contribution in [3.05, 3.63) is 51.4 Å². The van der Waals surface area contributed by atoms with E-state index in [4.69, 9.17) is 9.47 Å². The van der Waals surface area contributed by atoms with E-state index in [0.717, 1.165) is 6.42 Å². The van der Waals surface area contributed by atoms with Crippen molar-refractivity contribution >= 4 is 33.1 Å². The Morgan fingerprint density at radius 3 is 2.89 bits per heavy atom. The van der Waals surface area contributed by atoms with Crippen molar-refractivity contribution < 1.29 is 14.3 Å². The van der Waals surface area contributed by atoms with Crippen LogP contribution in [0.25, 0.3) is 10.2 Å². The molecule has 2 heterocycles. The minimum absolute atomic E-state index is 0.134. The highest BCUT2D eigenvalue weighted by Gasteiger charge is 2.19. The molecule has 0 bridgehead atoms. The molecule has 0 spiro atoms. The molecule has 0 aliphatic heterocycles. The summed E-state index contributed by atoms with van der Waals surface area (Å²) in [7, 11) is 3.20. The van der Waals surface area contributed by atoms with E-state index in [1.165, 1.54) is 17.7 Å². The van der Waals surface area contributed by atoms with E-state index in [-0.39, 0.29) is 11.5 Å². The van der Waals surface area contributed by atoms with Gasteiger partial charge in [-0.1, -0.05) is 6.07 Å². The molecule has 1 amide bonds. The first-order valence-electron chi connectivity index (χ1n) is 8.48. The monoisotopic (exact) mass is 387 g/mol. The number of nitrogens with one attached hydrogen (secondary N) is 1. The van der Waals surface area contributed by atoms with Crippen molar-refractivity contribution in [2.75, 3.05) is 26.1 Å². The molecule has 0 fully saturated rings. The molecule has 142 valence electrons. The second-order valence-corrected chi connectivity index (χ2v) is 7.01. The number of aromatic nitrogens is 2. The summed E-state index contributed by atoms with van der Waals surface area (Å²) in [5.74, 6) is 0.385. The van der Waals surface area contributed by atoms with Gasteiger partial charge in [0.05, 0.1) is 23.7 Å². The van der Waals surface area contributed by atoms with Crippen LogP contribution in [0.15, 0.2) is 35.4 Å². The van der Waals surface area contributed by atoms with Gasteiger partial charge in [0.25, 0.3) is 11.5 Å². The molecule has 3 rings (SSSR count). The van der Waals surface area contributed by atoms with Gasteiger partial charge in [-0.05, 0) is 31.0 Å². The van der Waals surface area contributed by atoms with Gasteiger partial charge in [-0.3, -0.25) is 14.2 Å². The summed E-state index contributed by atoms with van der Waals surface area (Å²) in [5.41, 5.74) is 1.14. The highest BCUT2D eigenvalue weighted by molar-refractivity contribution is 7.20. The topological polar surface area (TPSA) is 82.5 Å². The number of fused-ring (bicyclic) bond motifs is 1. The Morgan fingerprint density at radius 1 is 1.33 bits per heavy atom. The average Bonchev–Trinajstić information content (AvgIpc) is 3.01. The van der Waals surface area contributed by atoms with E-state index >= 15 is 0 Å². The van der Waals surface area contributed by atoms with Crippen LogP contribution in [0, 0.1) is 6.92 Å². The van der Waals surface area contributed by atoms with Crippen molar-refractivity contribution in [3.8, 4) is 5.75 Å². The second kappa shape index (κ2) is 8.32. The predicted molar refractivity (Wildman–Crippen MR) is 106 cm³/mol. The van der Waals surface area contributed by atoms with Gasteiger partial charge < -0.3 is 14.8 Å². The molecular formula is C19H21N3O4S. The smallest absolute Gasteiger partial charge is 0.266 e. The summed E-state index contributed by atoms with van der Waals surface area (Å²) in [6, 6.07) is 7.12. The van der Waals surface area contributed by atoms with Crippen LogP contribution in [0.4, 0.5) is 5.69 Å². The Morgan fingerprint density at radius 2 is 2.15 bits per heavy atom. The number of amides is 1. The quantitative estimate of drug-likeness (QED) is 0.630. The van der Waals surface area contributed by atoms with Crippen molar-refractivity contribution in [2.45, 2.75) is 19.9 Å². The van der Waals surface area contributed by atoms with E-state index < -0.39 is 0 Å². The van der Waals surface area contributed by atoms with Gasteiger partial charge in [0, 0.05) is 32.0 Å². The minimum atomic E-state index is -0.269. The summed E-state index contributed by atoms with van der Waals surface area (Å²) in [6.45, 7) is 2.87. The van der Waals surface area contributed by atoms with Gasteiger partial charge in [-0.15, -0.1) is 11.3 Å². The molecule has 1 N–H and O–H groups in total. The van der Waals surface area contributed by atoms with Gasteiger partial charge in [0.15, 0.2) is 0 Å². The van der Waals surface area contributed by atoms with E-state index in [9.17, 15) is 9.59 Å². The number of hydrogen-bond acceptors (Lipinski definition) is 6. The van der Waals surface area contributed by atoms with Crippen molar-refractivity contribution in [3.63, 3.8) is 0 Å². The van der Waals surface area contributed by atoms with Gasteiger partial charge in [0.1, 0.15) is 10.6 Å². The highest BCUT2D eigenvalue weighted by atomic mass is 32.1. The zero-order valence-electron chi connectivity index (χ0n) is 15.4. The highest BCUT2D eigenvalue weighted by Crippen LogP contribution is 2.28. The third-order valence-corrected chi connectivity index (χ3v) is 5.40. The van der Waals surface area contributed by atoms with Gasteiger partial charge >= 0.3 is 0 Å². The Labute approximate surface area is 160 Å². The number of anilines is 1. The lowest BCUT2D eigenvalue weighted by molar-refractivity contribution is 0.103. The maximum Gasteiger partial charge on any atom is 0.266 e. The van der Waals surface area contributed by atoms with Gasteiger partial charge in [-0.2, -0.15) is 0 Å². The summed E-state index contributed by atoms with van der Waals surface area (Å²) in [6.07, 6.45) is 2.25. The van der Waals surface area contributed by atoms with Crippen molar-refractivity contribution in [1.82, 2.24) is 9.55 Å². The van der Waals surface area contributed by atoms with E-state index in [2.05, 4.69) is 10.3 Å². The van der Waals surface area contributed by atoms with E-state index in [1.807, 2.05) is 0 Å². The van der Waals surface area contributed by atoms with Crippen molar-refractivity contribution in [1.29, 1.82) is 0 Å². The molecule has 27 heavy (non-hydrogen) atoms. The Kier molecular flexibility index (Phi) is 5.88. The third kappa shape index (κ3) is 4.01. The summed E-state index contributed by atoms with van der Waals surface area (Å²) in [4.78, 5) is 30.9. The number of hydrogen-bond donors (Lipinski definition) is 1. The third-order valence-electron chi connectivity index (χ3n) is 4.20. The first-order valence-corrected chi connectivity index (χ1v) is 9.29. The number of nitrogens with zero attached hydrogens (tertiary/aromatic N) is 2. The number of carbonyl (C=O) groups excluding carboxylic acids is 1. The van der Waals surface area contributed by atoms with Gasteiger partial charge in [-0.25, -0.2) is 4.98 Å². The molecule has 0 unspecified atom stereocenters. The van der Waals surface area contributed by atoms with Crippen LogP contribution in [-0.4, -0.2) is 36.3 Å². The maximum atomic E-state index is 12.8. The fourth-order valence-electron chi connectivity index (χ4n) is 2.80. The van der Waals surface area contributed by atoms with Crippen LogP contribution in [0.2, 0.25) is 0 Å². The predicted octanol–water partition coefficient (Wildman–Crippen LogP) is 3.06. The number of ether oxygens (including phenoxy) is 2. The Balaban J connectivity index is 1.90. The molecule has 2 aromatic heterocycles. The zero-order chi connectivity index (χ0) is 19.4. The molecule has 8 heteroatoms. The minimum Gasteiger partial charge on any atom is -0.497 e. The molecule has 0 radical (unpaired) electrons. The van der Waals surface area contributed by atoms with E-state index in [1.54, 1.807) is 50.0 Å². The number of rotatable bonds is 7. The fraction of sp³-hybridized carbons (Fsp3) is 0.316. The lowest BCUT2D eigenvalue weighted by atomic mass is 10.2. The number of thiophene rings is 1. The first kappa shape index (κ1) is 19.1. The zero-order valence-corrected chi connectivity index (χ0v) is 16.3. The van der Waals surface area contributed by atoms with Crippen molar-refractivity contribution in [2.24, 2.45) is 0 Å². The van der Waals surface area contributed by atoms with Crippen LogP contribution in [0.3, 0.4) is 0 Å². The van der Waals surface area contributed by atoms with Gasteiger partial charge in [0.2, 0.25) is 0 Å². The largest absolute Gasteiger partial charge is 0.497 e. The molecule has 1 aromatic carbocycles. The second-order valence-electron chi connectivity index (χ2n) is 6.01. The summed E-state index contributed by atoms with van der Waals surface area (Å²) < 4.78 is 11.8. The molecule has 0 aliphatic carbocycles. The normalized spacial score (nSPS) is 10.9. The van der Waals surface area contributed by atoms with Crippen LogP contribution >= 0.6 is 11.3 Å². The van der Waals surface area contributed by atoms with Crippen LogP contribution in [0.5, 0.6) is 5.75 Å². The van der Waals surface area contributed by atoms with E-state index in [0.29, 0.717) is 45.2 Å². The number of benzene rings is 1. The molecule has 0 atom stereocenters. The Bertz CT molecular complexity index is 1030. The summed E-state index contributed by atoms with van der Waals surface area (Å²) in [5, 5.41) is 3.35. The molecule has 0 aliphatic rings. The number of aryl methyl sites for hydroxylation is 2. The Hall–Kier alpha value is -2.71. The molecule has 0 saturated heterocycles. The lowest BCUT2D eigenvalue weighted by Gasteiger charge is -2.06. The average molecular weight is 387 g/mol. The molecule has 3 aromatic rings. The molecule has 0 saturated carbocycles. The van der Waals surface area contributed by atoms with Crippen LogP contribution < -0.4 is 15.6 Å². The number of methoxy groups -OCH3 is 2. The molecule has 7 nitrogen and oxygen atoms in total. The maximum absolute atomic E-state index is 12.8. The number of carbonyl (C=O) groups is 1. The van der Waals surface area contributed by atoms with Crippen LogP contribution in [-0.2, 0) is 11.3 Å². The van der Waals surface area contributed by atoms with Crippen LogP contribution in [0.1, 0.15) is 21.7 Å². The standard InChI is InChI=1S/C19H21N3O4S/c1-12-15-18(20-11-22(19(15)24)8-5-9-25-2)27-16(12)17(23)21-13-6-4-7-14(10-13)26-3/h4,6-7,10-11H,5,8-9H2,1-3H3,(H,21,23). The fourth-order valence-corrected chi connectivity index (χ4v) is 3.84. The lowest BCUT2D eigenvalue weighted by Crippen LogP contribution is -2.21. The first-order chi connectivity index (χ1) is 13.0. The SMILES string of the molecule is COCCCn1cnc2sc(C(=O)Nc3cccc(OC)c3)c(C)c2c1=O.